The molecule has 0 aliphatic rings. The summed E-state index contributed by atoms with van der Waals surface area (Å²) in [7, 11) is 0. The highest BCUT2D eigenvalue weighted by molar-refractivity contribution is 5.79. The second kappa shape index (κ2) is 8.11. The fraction of sp³-hybridized carbons (Fsp3) is 0.136. The van der Waals surface area contributed by atoms with Gasteiger partial charge >= 0.3 is 0 Å². The maximum atomic E-state index is 5.38. The smallest absolute Gasteiger partial charge is 0.142 e. The number of rotatable bonds is 6. The van der Waals surface area contributed by atoms with Crippen LogP contribution in [0, 0.1) is 0 Å². The fourth-order valence-electron chi connectivity index (χ4n) is 2.48. The summed E-state index contributed by atoms with van der Waals surface area (Å²) < 4.78 is 0. The molecule has 119 valence electrons. The number of nitrogens with zero attached hydrogens (tertiary/aromatic N) is 1. The zero-order chi connectivity index (χ0) is 16.6. The zero-order valence-electron chi connectivity index (χ0n) is 13.8. The molecule has 0 heterocycles. The van der Waals surface area contributed by atoms with E-state index >= 15 is 0 Å². The van der Waals surface area contributed by atoms with Gasteiger partial charge in [0.2, 0.25) is 0 Å². The van der Waals surface area contributed by atoms with Crippen molar-refractivity contribution in [1.29, 1.82) is 0 Å². The van der Waals surface area contributed by atoms with Crippen LogP contribution in [-0.2, 0) is 17.9 Å². The molecule has 0 aromatic heterocycles. The Hall–Kier alpha value is -2.87. The van der Waals surface area contributed by atoms with Crippen molar-refractivity contribution in [3.8, 4) is 11.1 Å². The number of aryl methyl sites for hydroxylation is 1. The molecule has 2 heteroatoms. The van der Waals surface area contributed by atoms with E-state index in [4.69, 9.17) is 4.84 Å². The Morgan fingerprint density at radius 2 is 1.54 bits per heavy atom. The van der Waals surface area contributed by atoms with Gasteiger partial charge in [0.15, 0.2) is 0 Å². The van der Waals surface area contributed by atoms with E-state index < -0.39 is 0 Å². The normalized spacial score (nSPS) is 10.9. The van der Waals surface area contributed by atoms with Gasteiger partial charge in [-0.1, -0.05) is 84.9 Å². The van der Waals surface area contributed by atoms with Crippen molar-refractivity contribution < 1.29 is 4.84 Å². The van der Waals surface area contributed by atoms with Crippen molar-refractivity contribution in [1.82, 2.24) is 0 Å². The largest absolute Gasteiger partial charge is 0.390 e. The molecular weight excluding hydrogens is 294 g/mol. The molecule has 0 bridgehead atoms. The molecule has 24 heavy (non-hydrogen) atoms. The average Bonchev–Trinajstić information content (AvgIpc) is 2.67. The molecule has 3 aromatic rings. The zero-order valence-corrected chi connectivity index (χ0v) is 13.8. The van der Waals surface area contributed by atoms with Gasteiger partial charge < -0.3 is 4.84 Å². The maximum Gasteiger partial charge on any atom is 0.142 e. The monoisotopic (exact) mass is 314 g/mol. The summed E-state index contributed by atoms with van der Waals surface area (Å²) in [5, 5.41) is 3.94. The second-order valence-corrected chi connectivity index (χ2v) is 5.59. The molecule has 0 atom stereocenters. The predicted molar refractivity (Wildman–Crippen MR) is 99.0 cm³/mol. The van der Waals surface area contributed by atoms with Crippen LogP contribution in [0.15, 0.2) is 84.0 Å². The van der Waals surface area contributed by atoms with Gasteiger partial charge in [-0.25, -0.2) is 0 Å². The van der Waals surface area contributed by atoms with Gasteiger partial charge in [0.25, 0.3) is 0 Å². The van der Waals surface area contributed by atoms with Crippen molar-refractivity contribution in [2.75, 3.05) is 0 Å². The molecule has 0 saturated carbocycles. The van der Waals surface area contributed by atoms with Crippen LogP contribution >= 0.6 is 0 Å². The molecule has 0 spiro atoms. The summed E-state index contributed by atoms with van der Waals surface area (Å²) in [6, 6.07) is 26.8. The summed E-state index contributed by atoms with van der Waals surface area (Å²) in [5.74, 6) is 0. The van der Waals surface area contributed by atoms with E-state index in [0.29, 0.717) is 6.61 Å². The van der Waals surface area contributed by atoms with E-state index in [2.05, 4.69) is 54.7 Å². The molecule has 0 fully saturated rings. The van der Waals surface area contributed by atoms with Crippen LogP contribution in [0.4, 0.5) is 0 Å². The lowest BCUT2D eigenvalue weighted by molar-refractivity contribution is 0.132. The molecule has 0 aliphatic carbocycles. The van der Waals surface area contributed by atoms with Crippen molar-refractivity contribution in [2.24, 2.45) is 5.16 Å². The van der Waals surface area contributed by atoms with Gasteiger partial charge in [0.1, 0.15) is 12.8 Å². The number of benzene rings is 3. The van der Waals surface area contributed by atoms with Crippen molar-refractivity contribution >= 4 is 6.21 Å². The predicted octanol–water partition coefficient (Wildman–Crippen LogP) is 5.34. The molecule has 0 unspecified atom stereocenters. The van der Waals surface area contributed by atoms with Crippen molar-refractivity contribution in [3.05, 3.63) is 95.6 Å². The second-order valence-electron chi connectivity index (χ2n) is 5.59. The van der Waals surface area contributed by atoms with Crippen molar-refractivity contribution in [3.63, 3.8) is 0 Å². The molecular formula is C22H20NO. The number of hydrogen-bond acceptors (Lipinski definition) is 2. The first-order valence-corrected chi connectivity index (χ1v) is 8.16. The molecule has 0 aliphatic heterocycles. The summed E-state index contributed by atoms with van der Waals surface area (Å²) in [6.07, 6.45) is 3.95. The minimum Gasteiger partial charge on any atom is -0.390 e. The van der Waals surface area contributed by atoms with Crippen LogP contribution in [0.5, 0.6) is 0 Å². The van der Waals surface area contributed by atoms with Gasteiger partial charge in [-0.15, -0.1) is 0 Å². The lowest BCUT2D eigenvalue weighted by atomic mass is 10.0. The van der Waals surface area contributed by atoms with Crippen LogP contribution in [0.1, 0.15) is 23.6 Å². The third-order valence-electron chi connectivity index (χ3n) is 3.87. The fourth-order valence-corrected chi connectivity index (χ4v) is 2.48. The van der Waals surface area contributed by atoms with Crippen molar-refractivity contribution in [2.45, 2.75) is 20.0 Å². The highest BCUT2D eigenvalue weighted by atomic mass is 16.6. The molecule has 0 amide bonds. The Morgan fingerprint density at radius 1 is 0.792 bits per heavy atom. The van der Waals surface area contributed by atoms with E-state index in [9.17, 15) is 0 Å². The molecule has 2 nitrogen and oxygen atoms in total. The minimum absolute atomic E-state index is 0.431. The quantitative estimate of drug-likeness (QED) is 0.444. The summed E-state index contributed by atoms with van der Waals surface area (Å²) in [5.41, 5.74) is 5.69. The molecule has 3 rings (SSSR count). The van der Waals surface area contributed by atoms with E-state index in [1.807, 2.05) is 42.5 Å². The summed E-state index contributed by atoms with van der Waals surface area (Å²) >= 11 is 0. The maximum absolute atomic E-state index is 5.38. The molecule has 1 radical (unpaired) electrons. The first-order chi connectivity index (χ1) is 11.8. The Bertz CT molecular complexity index is 792. The summed E-state index contributed by atoms with van der Waals surface area (Å²) in [6.45, 7) is 2.57. The highest BCUT2D eigenvalue weighted by Gasteiger charge is 1.99. The van der Waals surface area contributed by atoms with Gasteiger partial charge in [-0.05, 0) is 34.7 Å². The van der Waals surface area contributed by atoms with Crippen LogP contribution in [0.3, 0.4) is 0 Å². The Morgan fingerprint density at radius 3 is 2.29 bits per heavy atom. The lowest BCUT2D eigenvalue weighted by Crippen LogP contribution is -1.90. The van der Waals surface area contributed by atoms with Crippen LogP contribution in [-0.4, -0.2) is 6.21 Å². The number of hydrogen-bond donors (Lipinski definition) is 0. The standard InChI is InChI=1S/C22H20NO/c1-2-18-11-13-19(14-12-18)16-23-24-17-20-7-6-10-22(15-20)21-8-4-3-5-9-21/h3-15H,2,17H2,1H3. The molecule has 3 aromatic carbocycles. The highest BCUT2D eigenvalue weighted by Crippen LogP contribution is 2.20. The van der Waals surface area contributed by atoms with Crippen LogP contribution in [0.25, 0.3) is 11.1 Å². The van der Waals surface area contributed by atoms with Gasteiger partial charge in [-0.2, -0.15) is 0 Å². The van der Waals surface area contributed by atoms with Gasteiger partial charge in [0.05, 0.1) is 0 Å². The third-order valence-corrected chi connectivity index (χ3v) is 3.87. The van der Waals surface area contributed by atoms with Gasteiger partial charge in [0, 0.05) is 5.56 Å². The van der Waals surface area contributed by atoms with E-state index in [1.54, 1.807) is 0 Å². The lowest BCUT2D eigenvalue weighted by Gasteiger charge is -2.04. The minimum atomic E-state index is 0.431. The Balaban J connectivity index is 1.59. The first kappa shape index (κ1) is 16.0. The summed E-state index contributed by atoms with van der Waals surface area (Å²) in [4.78, 5) is 5.38. The van der Waals surface area contributed by atoms with Crippen LogP contribution in [0.2, 0.25) is 0 Å². The Labute approximate surface area is 143 Å². The van der Waals surface area contributed by atoms with Crippen LogP contribution < -0.4 is 0 Å². The van der Waals surface area contributed by atoms with E-state index in [-0.39, 0.29) is 0 Å². The Kier molecular flexibility index (Phi) is 5.41. The topological polar surface area (TPSA) is 21.6 Å². The third kappa shape index (κ3) is 4.32. The average molecular weight is 314 g/mol. The van der Waals surface area contributed by atoms with Gasteiger partial charge in [-0.3, -0.25) is 0 Å². The first-order valence-electron chi connectivity index (χ1n) is 8.16. The molecule has 0 N–H and O–H groups in total. The van der Waals surface area contributed by atoms with E-state index in [1.165, 1.54) is 16.7 Å². The SMILES string of the molecule is CCc1ccc(/[C]=N\OCc2cccc(-c3ccccc3)c2)cc1. The van der Waals surface area contributed by atoms with E-state index in [0.717, 1.165) is 17.5 Å². The molecule has 0 saturated heterocycles.